The fourth-order valence-corrected chi connectivity index (χ4v) is 2.60. The Morgan fingerprint density at radius 2 is 1.40 bits per heavy atom. The molecule has 15 heavy (non-hydrogen) atoms. The quantitative estimate of drug-likeness (QED) is 0.634. The molecule has 0 bridgehead atoms. The van der Waals surface area contributed by atoms with E-state index in [1.807, 2.05) is 0 Å². The lowest BCUT2D eigenvalue weighted by Gasteiger charge is -2.20. The zero-order valence-electron chi connectivity index (χ0n) is 10.6. The molecule has 1 aromatic rings. The van der Waals surface area contributed by atoms with Gasteiger partial charge in [-0.2, -0.15) is 0 Å². The van der Waals surface area contributed by atoms with Crippen LogP contribution in [0.2, 0.25) is 0 Å². The predicted octanol–water partition coefficient (Wildman–Crippen LogP) is 4.99. The van der Waals surface area contributed by atoms with Gasteiger partial charge in [-0.3, -0.25) is 0 Å². The Kier molecular flexibility index (Phi) is 4.87. The Balaban J connectivity index is 2.98. The van der Waals surface area contributed by atoms with E-state index in [1.54, 1.807) is 5.56 Å². The summed E-state index contributed by atoms with van der Waals surface area (Å²) in [5, 5.41) is 0. The van der Waals surface area contributed by atoms with Gasteiger partial charge in [0.25, 0.3) is 0 Å². The van der Waals surface area contributed by atoms with Crippen LogP contribution in [0.1, 0.15) is 62.1 Å². The van der Waals surface area contributed by atoms with Gasteiger partial charge >= 0.3 is 0 Å². The van der Waals surface area contributed by atoms with E-state index in [0.717, 1.165) is 5.92 Å². The molecule has 0 amide bonds. The van der Waals surface area contributed by atoms with Crippen molar-refractivity contribution in [3.8, 4) is 0 Å². The maximum atomic E-state index is 2.29. The van der Waals surface area contributed by atoms with E-state index >= 15 is 0 Å². The molecule has 0 aliphatic heterocycles. The highest BCUT2D eigenvalue weighted by Gasteiger charge is 2.13. The summed E-state index contributed by atoms with van der Waals surface area (Å²) < 4.78 is 0. The second-order valence-electron chi connectivity index (χ2n) is 4.58. The van der Waals surface area contributed by atoms with Crippen LogP contribution in [0.25, 0.3) is 0 Å². The van der Waals surface area contributed by atoms with Crippen molar-refractivity contribution in [2.75, 3.05) is 0 Å². The van der Waals surface area contributed by atoms with E-state index < -0.39 is 0 Å². The lowest BCUT2D eigenvalue weighted by Crippen LogP contribution is -2.03. The van der Waals surface area contributed by atoms with Gasteiger partial charge in [-0.25, -0.2) is 0 Å². The lowest BCUT2D eigenvalue weighted by atomic mass is 9.85. The van der Waals surface area contributed by atoms with Gasteiger partial charge < -0.3 is 0 Å². The number of hydrogen-bond donors (Lipinski definition) is 0. The fourth-order valence-electron chi connectivity index (χ4n) is 2.60. The van der Waals surface area contributed by atoms with Gasteiger partial charge in [0.2, 0.25) is 0 Å². The van der Waals surface area contributed by atoms with Crippen molar-refractivity contribution in [3.63, 3.8) is 0 Å². The van der Waals surface area contributed by atoms with E-state index in [9.17, 15) is 0 Å². The molecule has 0 heteroatoms. The van der Waals surface area contributed by atoms with Crippen molar-refractivity contribution >= 4 is 0 Å². The SMILES string of the molecule is CCCC(CCC)c1c(C)cccc1C. The van der Waals surface area contributed by atoms with E-state index in [0.29, 0.717) is 0 Å². The molecule has 0 radical (unpaired) electrons. The number of aryl methyl sites for hydroxylation is 2. The van der Waals surface area contributed by atoms with Gasteiger partial charge in [0.1, 0.15) is 0 Å². The molecule has 0 atom stereocenters. The second-order valence-corrected chi connectivity index (χ2v) is 4.58. The van der Waals surface area contributed by atoms with Crippen molar-refractivity contribution in [2.45, 2.75) is 59.3 Å². The fraction of sp³-hybridized carbons (Fsp3) is 0.600. The zero-order chi connectivity index (χ0) is 11.3. The van der Waals surface area contributed by atoms with Crippen LogP contribution < -0.4 is 0 Å². The second kappa shape index (κ2) is 5.95. The average molecular weight is 204 g/mol. The smallest absolute Gasteiger partial charge is 0.0157 e. The summed E-state index contributed by atoms with van der Waals surface area (Å²) in [7, 11) is 0. The molecule has 0 aliphatic rings. The van der Waals surface area contributed by atoms with Crippen LogP contribution in [0, 0.1) is 13.8 Å². The van der Waals surface area contributed by atoms with Crippen molar-refractivity contribution in [1.29, 1.82) is 0 Å². The summed E-state index contributed by atoms with van der Waals surface area (Å²) >= 11 is 0. The third kappa shape index (κ3) is 3.09. The summed E-state index contributed by atoms with van der Waals surface area (Å²) in [5.74, 6) is 0.779. The molecule has 0 nitrogen and oxygen atoms in total. The van der Waals surface area contributed by atoms with Crippen molar-refractivity contribution in [1.82, 2.24) is 0 Å². The lowest BCUT2D eigenvalue weighted by molar-refractivity contribution is 0.556. The van der Waals surface area contributed by atoms with Crippen molar-refractivity contribution in [3.05, 3.63) is 34.9 Å². The van der Waals surface area contributed by atoms with Crippen LogP contribution in [-0.2, 0) is 0 Å². The Morgan fingerprint density at radius 3 is 1.80 bits per heavy atom. The minimum Gasteiger partial charge on any atom is -0.0654 e. The molecule has 0 unspecified atom stereocenters. The van der Waals surface area contributed by atoms with Gasteiger partial charge in [-0.05, 0) is 49.3 Å². The van der Waals surface area contributed by atoms with Gasteiger partial charge in [0.15, 0.2) is 0 Å². The minimum absolute atomic E-state index is 0.779. The molecule has 1 rings (SSSR count). The molecule has 1 aromatic carbocycles. The van der Waals surface area contributed by atoms with Crippen LogP contribution in [0.5, 0.6) is 0 Å². The van der Waals surface area contributed by atoms with E-state index in [-0.39, 0.29) is 0 Å². The molecular weight excluding hydrogens is 180 g/mol. The molecule has 0 heterocycles. The first-order chi connectivity index (χ1) is 7.20. The summed E-state index contributed by atoms with van der Waals surface area (Å²) in [5.41, 5.74) is 4.56. The number of benzene rings is 1. The van der Waals surface area contributed by atoms with Gasteiger partial charge in [-0.1, -0.05) is 44.9 Å². The van der Waals surface area contributed by atoms with Crippen LogP contribution in [0.3, 0.4) is 0 Å². The Morgan fingerprint density at radius 1 is 0.933 bits per heavy atom. The molecule has 0 saturated heterocycles. The third-order valence-corrected chi connectivity index (χ3v) is 3.22. The highest BCUT2D eigenvalue weighted by molar-refractivity contribution is 5.36. The normalized spacial score (nSPS) is 11.0. The molecule has 0 N–H and O–H groups in total. The minimum atomic E-state index is 0.779. The Labute approximate surface area is 94.7 Å². The van der Waals surface area contributed by atoms with Crippen molar-refractivity contribution in [2.24, 2.45) is 0 Å². The van der Waals surface area contributed by atoms with E-state index in [2.05, 4.69) is 45.9 Å². The van der Waals surface area contributed by atoms with Crippen LogP contribution in [-0.4, -0.2) is 0 Å². The molecule has 0 saturated carbocycles. The Bertz CT molecular complexity index is 273. The summed E-state index contributed by atoms with van der Waals surface area (Å²) in [6.07, 6.45) is 5.25. The van der Waals surface area contributed by atoms with Crippen molar-refractivity contribution < 1.29 is 0 Å². The average Bonchev–Trinajstić information content (AvgIpc) is 2.18. The number of rotatable bonds is 5. The molecular formula is C15H24. The van der Waals surface area contributed by atoms with Gasteiger partial charge in [0.05, 0.1) is 0 Å². The summed E-state index contributed by atoms with van der Waals surface area (Å²) in [4.78, 5) is 0. The standard InChI is InChI=1S/C15H24/c1-5-8-14(9-6-2)15-12(3)10-7-11-13(15)4/h7,10-11,14H,5-6,8-9H2,1-4H3. The first-order valence-electron chi connectivity index (χ1n) is 6.26. The first kappa shape index (κ1) is 12.3. The molecule has 0 aliphatic carbocycles. The molecule has 0 spiro atoms. The van der Waals surface area contributed by atoms with Gasteiger partial charge in [-0.15, -0.1) is 0 Å². The number of hydrogen-bond acceptors (Lipinski definition) is 0. The van der Waals surface area contributed by atoms with E-state index in [1.165, 1.54) is 36.8 Å². The third-order valence-electron chi connectivity index (χ3n) is 3.22. The molecule has 0 aromatic heterocycles. The zero-order valence-corrected chi connectivity index (χ0v) is 10.6. The topological polar surface area (TPSA) is 0 Å². The van der Waals surface area contributed by atoms with Gasteiger partial charge in [0, 0.05) is 0 Å². The maximum absolute atomic E-state index is 2.29. The van der Waals surface area contributed by atoms with E-state index in [4.69, 9.17) is 0 Å². The predicted molar refractivity (Wildman–Crippen MR) is 68.5 cm³/mol. The Hall–Kier alpha value is -0.780. The maximum Gasteiger partial charge on any atom is -0.0157 e. The highest BCUT2D eigenvalue weighted by Crippen LogP contribution is 2.31. The molecule has 84 valence electrons. The molecule has 0 fully saturated rings. The van der Waals surface area contributed by atoms with Crippen LogP contribution in [0.15, 0.2) is 18.2 Å². The van der Waals surface area contributed by atoms with Crippen LogP contribution in [0.4, 0.5) is 0 Å². The highest BCUT2D eigenvalue weighted by atomic mass is 14.2. The largest absolute Gasteiger partial charge is 0.0654 e. The van der Waals surface area contributed by atoms with Crippen LogP contribution >= 0.6 is 0 Å². The summed E-state index contributed by atoms with van der Waals surface area (Å²) in [6.45, 7) is 9.08. The monoisotopic (exact) mass is 204 g/mol. The summed E-state index contributed by atoms with van der Waals surface area (Å²) in [6, 6.07) is 6.67. The first-order valence-corrected chi connectivity index (χ1v) is 6.26.